The summed E-state index contributed by atoms with van der Waals surface area (Å²) < 4.78 is 68.2. The van der Waals surface area contributed by atoms with Crippen LogP contribution in [0.2, 0.25) is 0 Å². The molecular formula is C71H138O17P2. The Bertz CT molecular complexity index is 1740. The minimum atomic E-state index is -4.95. The second-order valence-corrected chi connectivity index (χ2v) is 29.0. The van der Waals surface area contributed by atoms with E-state index in [1.807, 2.05) is 0 Å². The number of phosphoric acid groups is 2. The Balaban J connectivity index is 5.16. The van der Waals surface area contributed by atoms with E-state index in [0.717, 1.165) is 95.8 Å². The zero-order chi connectivity index (χ0) is 66.3. The van der Waals surface area contributed by atoms with Crippen molar-refractivity contribution in [3.05, 3.63) is 0 Å². The lowest BCUT2D eigenvalue weighted by atomic mass is 10.0. The molecule has 0 radical (unpaired) electrons. The molecule has 0 aliphatic rings. The quantitative estimate of drug-likeness (QED) is 0.0222. The second-order valence-electron chi connectivity index (χ2n) is 26.1. The van der Waals surface area contributed by atoms with Gasteiger partial charge < -0.3 is 33.8 Å². The van der Waals surface area contributed by atoms with E-state index < -0.39 is 97.5 Å². The molecule has 3 N–H and O–H groups in total. The molecule has 0 spiro atoms. The van der Waals surface area contributed by atoms with Gasteiger partial charge in [0.25, 0.3) is 0 Å². The van der Waals surface area contributed by atoms with Crippen molar-refractivity contribution in [2.24, 2.45) is 5.92 Å². The van der Waals surface area contributed by atoms with Crippen LogP contribution in [0.25, 0.3) is 0 Å². The van der Waals surface area contributed by atoms with Crippen LogP contribution < -0.4 is 0 Å². The lowest BCUT2D eigenvalue weighted by Crippen LogP contribution is -2.30. The number of carbonyl (C=O) groups excluding carboxylic acids is 4. The molecule has 0 fully saturated rings. The van der Waals surface area contributed by atoms with Gasteiger partial charge in [0.2, 0.25) is 0 Å². The van der Waals surface area contributed by atoms with Gasteiger partial charge >= 0.3 is 39.5 Å². The van der Waals surface area contributed by atoms with E-state index in [1.54, 1.807) is 0 Å². The number of esters is 4. The molecule has 5 atom stereocenters. The second kappa shape index (κ2) is 64.4. The maximum atomic E-state index is 13.0. The fraction of sp³-hybridized carbons (Fsp3) is 0.944. The molecule has 90 heavy (non-hydrogen) atoms. The first kappa shape index (κ1) is 88.1. The largest absolute Gasteiger partial charge is 0.472 e. The third-order valence-electron chi connectivity index (χ3n) is 16.5. The van der Waals surface area contributed by atoms with Crippen molar-refractivity contribution in [3.63, 3.8) is 0 Å². The molecule has 0 aromatic rings. The van der Waals surface area contributed by atoms with Crippen molar-refractivity contribution in [1.29, 1.82) is 0 Å². The summed E-state index contributed by atoms with van der Waals surface area (Å²) in [5.74, 6) is -1.38. The zero-order valence-electron chi connectivity index (χ0n) is 58.3. The first-order chi connectivity index (χ1) is 43.5. The van der Waals surface area contributed by atoms with E-state index >= 15 is 0 Å². The highest BCUT2D eigenvalue weighted by atomic mass is 31.2. The molecule has 534 valence electrons. The molecule has 0 bridgehead atoms. The van der Waals surface area contributed by atoms with Crippen LogP contribution in [-0.4, -0.2) is 96.7 Å². The van der Waals surface area contributed by atoms with E-state index in [4.69, 9.17) is 37.0 Å². The Labute approximate surface area is 549 Å². The van der Waals surface area contributed by atoms with Gasteiger partial charge in [0.05, 0.1) is 26.4 Å². The van der Waals surface area contributed by atoms with Crippen molar-refractivity contribution in [2.75, 3.05) is 39.6 Å². The number of unbranched alkanes of at least 4 members (excludes halogenated alkanes) is 43. The number of hydrogen-bond donors (Lipinski definition) is 3. The van der Waals surface area contributed by atoms with Crippen molar-refractivity contribution in [3.8, 4) is 0 Å². The van der Waals surface area contributed by atoms with Gasteiger partial charge in [0.15, 0.2) is 12.2 Å². The number of carbonyl (C=O) groups is 4. The smallest absolute Gasteiger partial charge is 0.462 e. The highest BCUT2D eigenvalue weighted by Gasteiger charge is 2.30. The third kappa shape index (κ3) is 64.8. The average Bonchev–Trinajstić information content (AvgIpc) is 3.12. The standard InChI is InChI=1S/C71H138O17P2/c1-6-9-12-15-18-21-22-23-24-25-26-27-28-29-30-31-36-42-47-52-57-71(76)88-67(61-82-69(74)55-50-45-40-37-32-35-38-43-48-53-64(4)5)63-86-90(79,80)84-59-65(72)58-83-89(77,78)85-62-66(87-70(75)56-51-46-41-34-20-17-14-11-8-3)60-81-68(73)54-49-44-39-33-19-16-13-10-7-2/h64-67,72H,6-63H2,1-5H3,(H,77,78)(H,79,80)/t65-,66+,67+/m0/s1. The van der Waals surface area contributed by atoms with Crippen LogP contribution in [0.4, 0.5) is 0 Å². The molecular weight excluding hydrogens is 1190 g/mol. The predicted octanol–water partition coefficient (Wildman–Crippen LogP) is 20.5. The monoisotopic (exact) mass is 1320 g/mol. The SMILES string of the molecule is CCCCCCCCCCCCCCCCCCCCCCC(=O)O[C@H](COC(=O)CCCCCCCCCCCC(C)C)COP(=O)(O)OC[C@@H](O)COP(=O)(O)OC[C@@H](COC(=O)CCCCCCCCCCC)OC(=O)CCCCCCCCCCC. The van der Waals surface area contributed by atoms with Gasteiger partial charge in [0, 0.05) is 25.7 Å². The normalized spacial score (nSPS) is 14.1. The van der Waals surface area contributed by atoms with Crippen LogP contribution in [0.3, 0.4) is 0 Å². The van der Waals surface area contributed by atoms with Gasteiger partial charge in [-0.1, -0.05) is 317 Å². The Kier molecular flexibility index (Phi) is 63.0. The average molecular weight is 1330 g/mol. The molecule has 19 heteroatoms. The summed E-state index contributed by atoms with van der Waals surface area (Å²) in [6.45, 7) is 7.20. The van der Waals surface area contributed by atoms with Gasteiger partial charge in [0.1, 0.15) is 19.3 Å². The summed E-state index contributed by atoms with van der Waals surface area (Å²) in [5, 5.41) is 10.6. The predicted molar refractivity (Wildman–Crippen MR) is 363 cm³/mol. The zero-order valence-corrected chi connectivity index (χ0v) is 60.1. The van der Waals surface area contributed by atoms with E-state index in [2.05, 4.69) is 34.6 Å². The molecule has 0 aliphatic carbocycles. The number of aliphatic hydroxyl groups excluding tert-OH is 1. The van der Waals surface area contributed by atoms with Crippen LogP contribution >= 0.6 is 15.6 Å². The summed E-state index contributed by atoms with van der Waals surface area (Å²) in [5.41, 5.74) is 0. The van der Waals surface area contributed by atoms with Gasteiger partial charge in [-0.25, -0.2) is 9.13 Å². The van der Waals surface area contributed by atoms with E-state index in [9.17, 15) is 43.2 Å². The van der Waals surface area contributed by atoms with Gasteiger partial charge in [-0.05, 0) is 31.6 Å². The topological polar surface area (TPSA) is 237 Å². The molecule has 0 aromatic carbocycles. The molecule has 0 amide bonds. The molecule has 0 aromatic heterocycles. The van der Waals surface area contributed by atoms with Crippen LogP contribution in [0.5, 0.6) is 0 Å². The van der Waals surface area contributed by atoms with E-state index in [-0.39, 0.29) is 25.7 Å². The maximum absolute atomic E-state index is 13.0. The minimum Gasteiger partial charge on any atom is -0.462 e. The molecule has 0 saturated carbocycles. The van der Waals surface area contributed by atoms with Gasteiger partial charge in [-0.2, -0.15) is 0 Å². The van der Waals surface area contributed by atoms with Gasteiger partial charge in [-0.3, -0.25) is 37.3 Å². The Morgan fingerprint density at radius 1 is 0.300 bits per heavy atom. The Morgan fingerprint density at radius 3 is 0.756 bits per heavy atom. The first-order valence-corrected chi connectivity index (χ1v) is 40.1. The molecule has 0 rings (SSSR count). The van der Waals surface area contributed by atoms with Crippen LogP contribution in [-0.2, 0) is 65.4 Å². The summed E-state index contributed by atoms with van der Waals surface area (Å²) in [6.07, 6.45) is 51.5. The fourth-order valence-corrected chi connectivity index (χ4v) is 12.4. The number of ether oxygens (including phenoxy) is 4. The Morgan fingerprint density at radius 2 is 0.511 bits per heavy atom. The number of aliphatic hydroxyl groups is 1. The van der Waals surface area contributed by atoms with E-state index in [0.29, 0.717) is 25.7 Å². The summed E-state index contributed by atoms with van der Waals surface area (Å²) in [7, 11) is -9.89. The molecule has 17 nitrogen and oxygen atoms in total. The van der Waals surface area contributed by atoms with Crippen LogP contribution in [0, 0.1) is 5.92 Å². The van der Waals surface area contributed by atoms with Crippen molar-refractivity contribution >= 4 is 39.5 Å². The Hall–Kier alpha value is -1.94. The van der Waals surface area contributed by atoms with Crippen LogP contribution in [0.1, 0.15) is 369 Å². The van der Waals surface area contributed by atoms with Crippen LogP contribution in [0.15, 0.2) is 0 Å². The number of rotatable bonds is 71. The highest BCUT2D eigenvalue weighted by molar-refractivity contribution is 7.47. The van der Waals surface area contributed by atoms with Crippen molar-refractivity contribution < 1.29 is 80.2 Å². The summed E-state index contributed by atoms with van der Waals surface area (Å²) in [6, 6.07) is 0. The lowest BCUT2D eigenvalue weighted by molar-refractivity contribution is -0.161. The number of hydrogen-bond acceptors (Lipinski definition) is 15. The minimum absolute atomic E-state index is 0.106. The fourth-order valence-electron chi connectivity index (χ4n) is 10.8. The summed E-state index contributed by atoms with van der Waals surface area (Å²) >= 11 is 0. The van der Waals surface area contributed by atoms with Crippen molar-refractivity contribution in [2.45, 2.75) is 387 Å². The lowest BCUT2D eigenvalue weighted by Gasteiger charge is -2.21. The van der Waals surface area contributed by atoms with Crippen molar-refractivity contribution in [1.82, 2.24) is 0 Å². The first-order valence-electron chi connectivity index (χ1n) is 37.1. The van der Waals surface area contributed by atoms with Gasteiger partial charge in [-0.15, -0.1) is 0 Å². The van der Waals surface area contributed by atoms with E-state index in [1.165, 1.54) is 193 Å². The molecule has 0 heterocycles. The molecule has 2 unspecified atom stereocenters. The summed E-state index contributed by atoms with van der Waals surface area (Å²) in [4.78, 5) is 72.4. The maximum Gasteiger partial charge on any atom is 0.472 e. The highest BCUT2D eigenvalue weighted by Crippen LogP contribution is 2.45. The molecule has 0 aliphatic heterocycles. The molecule has 0 saturated heterocycles. The third-order valence-corrected chi connectivity index (χ3v) is 18.4. The number of phosphoric ester groups is 2.